The largest absolute Gasteiger partial charge is 0.340 e. The predicted molar refractivity (Wildman–Crippen MR) is 56.9 cm³/mol. The molecule has 0 radical (unpaired) electrons. The summed E-state index contributed by atoms with van der Waals surface area (Å²) in [5, 5.41) is 0.198. The molecule has 4 nitrogen and oxygen atoms in total. The first-order chi connectivity index (χ1) is 6.49. The maximum absolute atomic E-state index is 11.4. The van der Waals surface area contributed by atoms with Crippen LogP contribution in [0.15, 0.2) is 0 Å². The van der Waals surface area contributed by atoms with Crippen molar-refractivity contribution < 1.29 is 9.59 Å². The van der Waals surface area contributed by atoms with Gasteiger partial charge < -0.3 is 10.6 Å². The second-order valence-corrected chi connectivity index (χ2v) is 5.19. The maximum atomic E-state index is 11.4. The fraction of sp³-hybridized carbons (Fsp3) is 0.778. The number of carbonyl (C=O) groups is 2. The fourth-order valence-corrected chi connectivity index (χ4v) is 2.52. The highest BCUT2D eigenvalue weighted by Crippen LogP contribution is 2.23. The van der Waals surface area contributed by atoms with Gasteiger partial charge in [-0.1, -0.05) is 11.8 Å². The third-order valence-electron chi connectivity index (χ3n) is 2.02. The standard InChI is InChI=1S/C9H16N2O2S/c1-6(10)4-11-5-8(3-9(11)13)14-7(2)12/h6,8H,3-5,10H2,1-2H3. The van der Waals surface area contributed by atoms with Gasteiger partial charge in [0.1, 0.15) is 0 Å². The molecule has 80 valence electrons. The number of carbonyl (C=O) groups excluding carboxylic acids is 2. The zero-order valence-electron chi connectivity index (χ0n) is 8.53. The van der Waals surface area contributed by atoms with Crippen molar-refractivity contribution in [3.05, 3.63) is 0 Å². The van der Waals surface area contributed by atoms with Crippen LogP contribution >= 0.6 is 11.8 Å². The Bertz CT molecular complexity index is 243. The molecule has 1 rings (SSSR count). The molecule has 1 heterocycles. The van der Waals surface area contributed by atoms with Gasteiger partial charge in [0.15, 0.2) is 5.12 Å². The minimum atomic E-state index is 0.0000260. The molecule has 1 fully saturated rings. The SMILES string of the molecule is CC(=O)SC1CC(=O)N(CC(C)N)C1. The summed E-state index contributed by atoms with van der Waals surface area (Å²) in [7, 11) is 0. The zero-order valence-corrected chi connectivity index (χ0v) is 9.34. The molecule has 0 aromatic rings. The molecule has 0 spiro atoms. The molecule has 0 aromatic heterocycles. The Hall–Kier alpha value is -0.550. The maximum Gasteiger partial charge on any atom is 0.223 e. The van der Waals surface area contributed by atoms with E-state index in [4.69, 9.17) is 5.73 Å². The smallest absolute Gasteiger partial charge is 0.223 e. The Balaban J connectivity index is 2.43. The van der Waals surface area contributed by atoms with Crippen molar-refractivity contribution in [3.63, 3.8) is 0 Å². The Kier molecular flexibility index (Phi) is 3.95. The molecule has 0 saturated carbocycles. The van der Waals surface area contributed by atoms with Crippen LogP contribution in [0.25, 0.3) is 0 Å². The Morgan fingerprint density at radius 1 is 1.79 bits per heavy atom. The van der Waals surface area contributed by atoms with Crippen LogP contribution in [0.5, 0.6) is 0 Å². The van der Waals surface area contributed by atoms with Crippen LogP contribution in [0.4, 0.5) is 0 Å². The van der Waals surface area contributed by atoms with Crippen LogP contribution in [0.3, 0.4) is 0 Å². The second kappa shape index (κ2) is 4.79. The van der Waals surface area contributed by atoms with E-state index < -0.39 is 0 Å². The summed E-state index contributed by atoms with van der Waals surface area (Å²) in [6, 6.07) is 0.0000260. The topological polar surface area (TPSA) is 63.4 Å². The molecule has 0 bridgehead atoms. The summed E-state index contributed by atoms with van der Waals surface area (Å²) in [6.45, 7) is 4.65. The van der Waals surface area contributed by atoms with Gasteiger partial charge in [-0.3, -0.25) is 9.59 Å². The summed E-state index contributed by atoms with van der Waals surface area (Å²) in [4.78, 5) is 24.0. The molecule has 1 amide bonds. The van der Waals surface area contributed by atoms with Gasteiger partial charge in [0, 0.05) is 37.7 Å². The summed E-state index contributed by atoms with van der Waals surface area (Å²) in [5.74, 6) is 0.112. The van der Waals surface area contributed by atoms with E-state index in [9.17, 15) is 9.59 Å². The Labute approximate surface area is 88.2 Å². The average Bonchev–Trinajstić information content (AvgIpc) is 2.28. The Morgan fingerprint density at radius 2 is 2.43 bits per heavy atom. The number of hydrogen-bond donors (Lipinski definition) is 1. The lowest BCUT2D eigenvalue weighted by atomic mass is 10.3. The molecule has 1 aliphatic rings. The van der Waals surface area contributed by atoms with Crippen molar-refractivity contribution in [1.29, 1.82) is 0 Å². The van der Waals surface area contributed by atoms with Crippen molar-refractivity contribution in [2.45, 2.75) is 31.6 Å². The van der Waals surface area contributed by atoms with Crippen molar-refractivity contribution in [3.8, 4) is 0 Å². The predicted octanol–water partition coefficient (Wildman–Crippen LogP) is 0.214. The summed E-state index contributed by atoms with van der Waals surface area (Å²) < 4.78 is 0. The highest BCUT2D eigenvalue weighted by molar-refractivity contribution is 8.14. The van der Waals surface area contributed by atoms with E-state index in [2.05, 4.69) is 0 Å². The fourth-order valence-electron chi connectivity index (χ4n) is 1.57. The van der Waals surface area contributed by atoms with E-state index in [0.29, 0.717) is 19.5 Å². The van der Waals surface area contributed by atoms with Crippen LogP contribution in [0, 0.1) is 0 Å². The normalized spacial score (nSPS) is 24.1. The van der Waals surface area contributed by atoms with Crippen LogP contribution in [-0.4, -0.2) is 40.3 Å². The third-order valence-corrected chi connectivity index (χ3v) is 3.00. The van der Waals surface area contributed by atoms with Crippen LogP contribution in [0.1, 0.15) is 20.3 Å². The number of nitrogens with zero attached hydrogens (tertiary/aromatic N) is 1. The summed E-state index contributed by atoms with van der Waals surface area (Å²) in [5.41, 5.74) is 5.61. The van der Waals surface area contributed by atoms with E-state index >= 15 is 0 Å². The summed E-state index contributed by atoms with van der Waals surface area (Å²) in [6.07, 6.45) is 0.469. The van der Waals surface area contributed by atoms with Gasteiger partial charge >= 0.3 is 0 Å². The van der Waals surface area contributed by atoms with Gasteiger partial charge in [0.25, 0.3) is 0 Å². The molecular weight excluding hydrogens is 200 g/mol. The van der Waals surface area contributed by atoms with Crippen LogP contribution in [0.2, 0.25) is 0 Å². The van der Waals surface area contributed by atoms with Crippen molar-refractivity contribution in [2.24, 2.45) is 5.73 Å². The lowest BCUT2D eigenvalue weighted by Crippen LogP contribution is -2.36. The molecule has 1 saturated heterocycles. The highest BCUT2D eigenvalue weighted by Gasteiger charge is 2.30. The van der Waals surface area contributed by atoms with Gasteiger partial charge in [-0.05, 0) is 6.92 Å². The number of hydrogen-bond acceptors (Lipinski definition) is 4. The van der Waals surface area contributed by atoms with Crippen molar-refractivity contribution in [1.82, 2.24) is 4.90 Å². The van der Waals surface area contributed by atoms with E-state index in [1.165, 1.54) is 18.7 Å². The first kappa shape index (κ1) is 11.5. The van der Waals surface area contributed by atoms with E-state index in [1.54, 1.807) is 4.90 Å². The van der Waals surface area contributed by atoms with Crippen LogP contribution in [-0.2, 0) is 9.59 Å². The monoisotopic (exact) mass is 216 g/mol. The zero-order chi connectivity index (χ0) is 10.7. The highest BCUT2D eigenvalue weighted by atomic mass is 32.2. The number of rotatable bonds is 3. The van der Waals surface area contributed by atoms with Gasteiger partial charge in [-0.25, -0.2) is 0 Å². The van der Waals surface area contributed by atoms with E-state index in [0.717, 1.165) is 0 Å². The first-order valence-corrected chi connectivity index (χ1v) is 5.57. The average molecular weight is 216 g/mol. The number of likely N-dealkylation sites (tertiary alicyclic amines) is 1. The van der Waals surface area contributed by atoms with Gasteiger partial charge in [0.05, 0.1) is 0 Å². The van der Waals surface area contributed by atoms with Crippen molar-refractivity contribution in [2.75, 3.05) is 13.1 Å². The molecule has 1 aliphatic heterocycles. The summed E-state index contributed by atoms with van der Waals surface area (Å²) >= 11 is 1.25. The Morgan fingerprint density at radius 3 is 2.93 bits per heavy atom. The molecule has 14 heavy (non-hydrogen) atoms. The lowest BCUT2D eigenvalue weighted by molar-refractivity contribution is -0.127. The van der Waals surface area contributed by atoms with Crippen molar-refractivity contribution >= 4 is 22.8 Å². The minimum Gasteiger partial charge on any atom is -0.340 e. The second-order valence-electron chi connectivity index (χ2n) is 3.71. The first-order valence-electron chi connectivity index (χ1n) is 4.69. The number of amides is 1. The molecular formula is C9H16N2O2S. The molecule has 2 unspecified atom stereocenters. The van der Waals surface area contributed by atoms with E-state index in [-0.39, 0.29) is 22.3 Å². The van der Waals surface area contributed by atoms with Crippen LogP contribution < -0.4 is 5.73 Å². The number of nitrogens with two attached hydrogens (primary N) is 1. The van der Waals surface area contributed by atoms with Gasteiger partial charge in [-0.15, -0.1) is 0 Å². The quantitative estimate of drug-likeness (QED) is 0.732. The van der Waals surface area contributed by atoms with Gasteiger partial charge in [-0.2, -0.15) is 0 Å². The molecule has 5 heteroatoms. The molecule has 0 aliphatic carbocycles. The lowest BCUT2D eigenvalue weighted by Gasteiger charge is -2.18. The molecule has 0 aromatic carbocycles. The molecule has 2 atom stereocenters. The van der Waals surface area contributed by atoms with Gasteiger partial charge in [0.2, 0.25) is 5.91 Å². The number of thioether (sulfide) groups is 1. The molecule has 2 N–H and O–H groups in total. The minimum absolute atomic E-state index is 0.0000260. The third kappa shape index (κ3) is 3.31. The van der Waals surface area contributed by atoms with E-state index in [1.807, 2.05) is 6.92 Å².